The molecular weight excluding hydrogens is 102 g/mol. The van der Waals surface area contributed by atoms with E-state index in [-0.39, 0.29) is 0 Å². The minimum atomic E-state index is 0.413. The zero-order valence-corrected chi connectivity index (χ0v) is 5.35. The van der Waals surface area contributed by atoms with Crippen molar-refractivity contribution in [3.05, 3.63) is 16.6 Å². The Labute approximate surface area is 49.6 Å². The van der Waals surface area contributed by atoms with Gasteiger partial charge < -0.3 is 0 Å². The van der Waals surface area contributed by atoms with Crippen molar-refractivity contribution in [1.29, 1.82) is 0 Å². The summed E-state index contributed by atoms with van der Waals surface area (Å²) in [6.45, 7) is 4.36. The van der Waals surface area contributed by atoms with Crippen LogP contribution in [-0.2, 0) is 0 Å². The molecular formula is C6H11NO. The molecule has 0 aromatic heterocycles. The third-order valence-corrected chi connectivity index (χ3v) is 1.09. The summed E-state index contributed by atoms with van der Waals surface area (Å²) in [6, 6.07) is 0. The van der Waals surface area contributed by atoms with Crippen LogP contribution in [0.3, 0.4) is 0 Å². The zero-order valence-electron chi connectivity index (χ0n) is 5.35. The summed E-state index contributed by atoms with van der Waals surface area (Å²) in [5.74, 6) is 0. The first kappa shape index (κ1) is 7.34. The maximum atomic E-state index is 9.55. The van der Waals surface area contributed by atoms with Crippen LogP contribution in [0.4, 0.5) is 0 Å². The van der Waals surface area contributed by atoms with Gasteiger partial charge in [-0.25, -0.2) is 0 Å². The number of hydrogen-bond acceptors (Lipinski definition) is 2. The fourth-order valence-corrected chi connectivity index (χ4v) is 0.366. The van der Waals surface area contributed by atoms with E-state index < -0.39 is 0 Å². The maximum Gasteiger partial charge on any atom is 0.0848 e. The highest BCUT2D eigenvalue weighted by Crippen LogP contribution is 1.97. The van der Waals surface area contributed by atoms with E-state index in [1.807, 2.05) is 19.9 Å². The molecule has 2 nitrogen and oxygen atoms in total. The second kappa shape index (κ2) is 4.50. The van der Waals surface area contributed by atoms with Gasteiger partial charge in [0.25, 0.3) is 0 Å². The lowest BCUT2D eigenvalue weighted by atomic mass is 10.2. The Morgan fingerprint density at radius 3 is 2.75 bits per heavy atom. The molecule has 0 N–H and O–H groups in total. The lowest BCUT2D eigenvalue weighted by Crippen LogP contribution is -1.79. The van der Waals surface area contributed by atoms with Gasteiger partial charge in [0.05, 0.1) is 6.54 Å². The summed E-state index contributed by atoms with van der Waals surface area (Å²) in [5.41, 5.74) is 1.23. The molecule has 0 bridgehead atoms. The van der Waals surface area contributed by atoms with E-state index in [4.69, 9.17) is 0 Å². The first-order valence-electron chi connectivity index (χ1n) is 2.72. The van der Waals surface area contributed by atoms with Crippen molar-refractivity contribution in [3.8, 4) is 0 Å². The molecule has 0 aliphatic rings. The summed E-state index contributed by atoms with van der Waals surface area (Å²) < 4.78 is 0. The predicted molar refractivity (Wildman–Crippen MR) is 34.7 cm³/mol. The molecule has 46 valence electrons. The maximum absolute atomic E-state index is 9.55. The van der Waals surface area contributed by atoms with Gasteiger partial charge in [0.2, 0.25) is 0 Å². The van der Waals surface area contributed by atoms with E-state index in [2.05, 4.69) is 5.18 Å². The average Bonchev–Trinajstić information content (AvgIpc) is 1.83. The summed E-state index contributed by atoms with van der Waals surface area (Å²) in [6.07, 6.45) is 2.80. The van der Waals surface area contributed by atoms with Gasteiger partial charge in [-0.3, -0.25) is 0 Å². The molecule has 0 saturated carbocycles. The number of rotatable bonds is 3. The fraction of sp³-hybridized carbons (Fsp3) is 0.667. The SMILES string of the molecule is C/C=C(\C)CCN=O. The Hall–Kier alpha value is -0.660. The quantitative estimate of drug-likeness (QED) is 0.407. The third kappa shape index (κ3) is 3.53. The fourth-order valence-electron chi connectivity index (χ4n) is 0.366. The highest BCUT2D eigenvalue weighted by molar-refractivity contribution is 4.95. The molecule has 0 amide bonds. The van der Waals surface area contributed by atoms with Crippen LogP contribution >= 0.6 is 0 Å². The van der Waals surface area contributed by atoms with Crippen molar-refractivity contribution in [2.45, 2.75) is 20.3 Å². The monoisotopic (exact) mass is 113 g/mol. The van der Waals surface area contributed by atoms with Gasteiger partial charge in [-0.1, -0.05) is 16.8 Å². The van der Waals surface area contributed by atoms with Crippen molar-refractivity contribution in [1.82, 2.24) is 0 Å². The van der Waals surface area contributed by atoms with Crippen LogP contribution in [-0.4, -0.2) is 6.54 Å². The summed E-state index contributed by atoms with van der Waals surface area (Å²) in [7, 11) is 0. The molecule has 0 aliphatic carbocycles. The Bertz CT molecular complexity index is 96.7. The second-order valence-electron chi connectivity index (χ2n) is 1.74. The largest absolute Gasteiger partial charge is 0.151 e. The van der Waals surface area contributed by atoms with Crippen LogP contribution in [0.1, 0.15) is 20.3 Å². The third-order valence-electron chi connectivity index (χ3n) is 1.09. The molecule has 0 radical (unpaired) electrons. The van der Waals surface area contributed by atoms with Gasteiger partial charge in [0, 0.05) is 0 Å². The highest BCUT2D eigenvalue weighted by atomic mass is 16.3. The predicted octanol–water partition coefficient (Wildman–Crippen LogP) is 2.11. The Kier molecular flexibility index (Phi) is 4.13. The van der Waals surface area contributed by atoms with Crippen molar-refractivity contribution >= 4 is 0 Å². The van der Waals surface area contributed by atoms with E-state index in [1.54, 1.807) is 0 Å². The highest BCUT2D eigenvalue weighted by Gasteiger charge is 1.84. The minimum Gasteiger partial charge on any atom is -0.151 e. The van der Waals surface area contributed by atoms with E-state index in [9.17, 15) is 4.91 Å². The summed E-state index contributed by atoms with van der Waals surface area (Å²) in [5, 5.41) is 2.73. The van der Waals surface area contributed by atoms with E-state index in [0.29, 0.717) is 6.54 Å². The smallest absolute Gasteiger partial charge is 0.0848 e. The molecule has 0 spiro atoms. The van der Waals surface area contributed by atoms with Gasteiger partial charge in [-0.15, -0.1) is 0 Å². The molecule has 8 heavy (non-hydrogen) atoms. The topological polar surface area (TPSA) is 29.4 Å². The van der Waals surface area contributed by atoms with E-state index in [0.717, 1.165) is 6.42 Å². The van der Waals surface area contributed by atoms with Gasteiger partial charge in [-0.2, -0.15) is 4.91 Å². The number of allylic oxidation sites excluding steroid dienone is 1. The van der Waals surface area contributed by atoms with Crippen LogP contribution in [0.5, 0.6) is 0 Å². The van der Waals surface area contributed by atoms with Crippen molar-refractivity contribution in [2.75, 3.05) is 6.54 Å². The molecule has 0 aliphatic heterocycles. The van der Waals surface area contributed by atoms with Crippen molar-refractivity contribution in [2.24, 2.45) is 5.18 Å². The van der Waals surface area contributed by atoms with Gasteiger partial charge in [0.1, 0.15) is 0 Å². The van der Waals surface area contributed by atoms with Crippen molar-refractivity contribution < 1.29 is 0 Å². The lowest BCUT2D eigenvalue weighted by Gasteiger charge is -1.89. The molecule has 0 fully saturated rings. The lowest BCUT2D eigenvalue weighted by molar-refractivity contribution is 0.940. The first-order valence-corrected chi connectivity index (χ1v) is 2.72. The molecule has 0 heterocycles. The molecule has 0 rings (SSSR count). The average molecular weight is 113 g/mol. The van der Waals surface area contributed by atoms with Gasteiger partial charge in [0.15, 0.2) is 0 Å². The molecule has 0 aromatic rings. The van der Waals surface area contributed by atoms with Gasteiger partial charge in [-0.05, 0) is 20.3 Å². The summed E-state index contributed by atoms with van der Waals surface area (Å²) in [4.78, 5) is 9.55. The molecule has 0 saturated heterocycles. The Morgan fingerprint density at radius 2 is 2.38 bits per heavy atom. The normalized spacial score (nSPS) is 11.5. The summed E-state index contributed by atoms with van der Waals surface area (Å²) >= 11 is 0. The minimum absolute atomic E-state index is 0.413. The standard InChI is InChI=1S/C6H11NO/c1-3-6(2)4-5-7-8/h3H,4-5H2,1-2H3/b6-3+. The van der Waals surface area contributed by atoms with Crippen LogP contribution in [0.2, 0.25) is 0 Å². The second-order valence-corrected chi connectivity index (χ2v) is 1.74. The van der Waals surface area contributed by atoms with Crippen LogP contribution in [0, 0.1) is 4.91 Å². The molecule has 0 atom stereocenters. The van der Waals surface area contributed by atoms with Crippen molar-refractivity contribution in [3.63, 3.8) is 0 Å². The zero-order chi connectivity index (χ0) is 6.41. The van der Waals surface area contributed by atoms with Gasteiger partial charge >= 0.3 is 0 Å². The van der Waals surface area contributed by atoms with E-state index in [1.165, 1.54) is 5.57 Å². The molecule has 2 heteroatoms. The first-order chi connectivity index (χ1) is 3.81. The molecule has 0 unspecified atom stereocenters. The number of nitroso groups, excluding NO2 is 1. The van der Waals surface area contributed by atoms with E-state index >= 15 is 0 Å². The van der Waals surface area contributed by atoms with Crippen LogP contribution in [0.25, 0.3) is 0 Å². The van der Waals surface area contributed by atoms with Crippen LogP contribution in [0.15, 0.2) is 16.8 Å². The molecule has 0 aromatic carbocycles. The Balaban J connectivity index is 3.24. The number of nitrogens with zero attached hydrogens (tertiary/aromatic N) is 1. The van der Waals surface area contributed by atoms with Crippen LogP contribution < -0.4 is 0 Å². The Morgan fingerprint density at radius 1 is 1.75 bits per heavy atom. The number of hydrogen-bond donors (Lipinski definition) is 0.